The number of amides is 2. The van der Waals surface area contributed by atoms with Gasteiger partial charge in [-0.2, -0.15) is 39.5 Å². The highest BCUT2D eigenvalue weighted by Crippen LogP contribution is 2.38. The van der Waals surface area contributed by atoms with Crippen LogP contribution in [0.15, 0.2) is 54.6 Å². The van der Waals surface area contributed by atoms with Crippen LogP contribution in [0.25, 0.3) is 11.1 Å². The van der Waals surface area contributed by atoms with Crippen molar-refractivity contribution in [1.29, 1.82) is 0 Å². The van der Waals surface area contributed by atoms with Gasteiger partial charge in [-0.3, -0.25) is 0 Å². The van der Waals surface area contributed by atoms with Gasteiger partial charge in [-0.05, 0) is 78.8 Å². The first-order chi connectivity index (χ1) is 21.2. The van der Waals surface area contributed by atoms with Crippen molar-refractivity contribution >= 4 is 6.03 Å². The number of carbonyl (C=O) groups excluding carboxylic acids is 1. The second-order valence-corrected chi connectivity index (χ2v) is 11.1. The number of hydrogen-bond acceptors (Lipinski definition) is 2. The van der Waals surface area contributed by atoms with E-state index in [9.17, 15) is 48.7 Å². The van der Waals surface area contributed by atoms with E-state index in [1.165, 1.54) is 45.1 Å². The number of urea groups is 1. The molecule has 2 saturated heterocycles. The maximum atomic E-state index is 14.0. The lowest BCUT2D eigenvalue weighted by Crippen LogP contribution is -2.28. The Morgan fingerprint density at radius 2 is 1.36 bits per heavy atom. The van der Waals surface area contributed by atoms with Gasteiger partial charge in [0.2, 0.25) is 0 Å². The van der Waals surface area contributed by atoms with Crippen molar-refractivity contribution in [3.8, 4) is 16.9 Å². The van der Waals surface area contributed by atoms with E-state index in [1.54, 1.807) is 6.07 Å². The minimum atomic E-state index is -4.76. The lowest BCUT2D eigenvalue weighted by atomic mass is 9.95. The van der Waals surface area contributed by atoms with Gasteiger partial charge in [-0.1, -0.05) is 33.4 Å². The second kappa shape index (κ2) is 15.3. The molecule has 47 heavy (non-hydrogen) atoms. The SMILES string of the molecule is C.COc1cc(F)c(C(C)C)cc1-c1ccc(C(F)(F)F)cc1.Cc1cc(C(F)(F)F)cc(C(F)(F)F)c1.O=C1NC[C@@H]2CCCN12. The molecule has 2 amide bonds. The number of rotatable bonds is 3. The summed E-state index contributed by atoms with van der Waals surface area (Å²) in [5, 5.41) is 2.81. The molecule has 0 aromatic heterocycles. The van der Waals surface area contributed by atoms with Crippen LogP contribution in [-0.2, 0) is 18.5 Å². The molecule has 260 valence electrons. The molecule has 2 fully saturated rings. The zero-order valence-corrected chi connectivity index (χ0v) is 25.2. The Labute approximate surface area is 266 Å². The van der Waals surface area contributed by atoms with Gasteiger partial charge in [-0.15, -0.1) is 0 Å². The van der Waals surface area contributed by atoms with Crippen LogP contribution < -0.4 is 10.1 Å². The summed E-state index contributed by atoms with van der Waals surface area (Å²) in [6.07, 6.45) is -11.5. The van der Waals surface area contributed by atoms with Gasteiger partial charge in [0.05, 0.1) is 29.8 Å². The van der Waals surface area contributed by atoms with E-state index >= 15 is 0 Å². The number of methoxy groups -OCH3 is 1. The normalized spacial score (nSPS) is 15.9. The second-order valence-electron chi connectivity index (χ2n) is 11.1. The van der Waals surface area contributed by atoms with E-state index in [0.717, 1.165) is 25.2 Å². The molecule has 4 nitrogen and oxygen atoms in total. The third kappa shape index (κ3) is 10.3. The highest BCUT2D eigenvalue weighted by atomic mass is 19.4. The van der Waals surface area contributed by atoms with Gasteiger partial charge in [0.1, 0.15) is 11.6 Å². The average molecular weight is 683 g/mol. The molecular weight excluding hydrogens is 646 g/mol. The van der Waals surface area contributed by atoms with Crippen molar-refractivity contribution in [2.24, 2.45) is 0 Å². The fourth-order valence-electron chi connectivity index (χ4n) is 4.98. The van der Waals surface area contributed by atoms with Crippen molar-refractivity contribution in [2.45, 2.75) is 71.5 Å². The van der Waals surface area contributed by atoms with Gasteiger partial charge in [0, 0.05) is 24.7 Å². The molecule has 2 aliphatic rings. The Kier molecular flexibility index (Phi) is 12.8. The first kappa shape index (κ1) is 39.2. The van der Waals surface area contributed by atoms with Crippen molar-refractivity contribution in [3.63, 3.8) is 0 Å². The quantitative estimate of drug-likeness (QED) is 0.280. The van der Waals surface area contributed by atoms with E-state index < -0.39 is 35.2 Å². The third-order valence-electron chi connectivity index (χ3n) is 7.32. The van der Waals surface area contributed by atoms with Crippen LogP contribution >= 0.6 is 0 Å². The number of aryl methyl sites for hydroxylation is 1. The van der Waals surface area contributed by atoms with Gasteiger partial charge in [0.25, 0.3) is 0 Å². The Bertz CT molecular complexity index is 1470. The van der Waals surface area contributed by atoms with E-state index in [0.29, 0.717) is 40.6 Å². The molecule has 2 heterocycles. The van der Waals surface area contributed by atoms with Crippen LogP contribution in [0.3, 0.4) is 0 Å². The lowest BCUT2D eigenvalue weighted by molar-refractivity contribution is -0.143. The van der Waals surface area contributed by atoms with Gasteiger partial charge in [0.15, 0.2) is 0 Å². The summed E-state index contributed by atoms with van der Waals surface area (Å²) in [7, 11) is 1.40. The van der Waals surface area contributed by atoms with Crippen molar-refractivity contribution in [1.82, 2.24) is 10.2 Å². The summed E-state index contributed by atoms with van der Waals surface area (Å²) in [5.41, 5.74) is -1.74. The molecular formula is C33H36F10N2O2. The predicted octanol–water partition coefficient (Wildman–Crippen LogP) is 10.5. The minimum Gasteiger partial charge on any atom is -0.496 e. The molecule has 0 saturated carbocycles. The van der Waals surface area contributed by atoms with Crippen molar-refractivity contribution in [2.75, 3.05) is 20.2 Å². The lowest BCUT2D eigenvalue weighted by Gasteiger charge is -2.15. The number of nitrogens with one attached hydrogen (secondary N) is 1. The van der Waals surface area contributed by atoms with Crippen LogP contribution in [-0.4, -0.2) is 37.2 Å². The smallest absolute Gasteiger partial charge is 0.416 e. The number of nitrogens with zero attached hydrogens (tertiary/aromatic N) is 1. The maximum Gasteiger partial charge on any atom is 0.416 e. The van der Waals surface area contributed by atoms with E-state index in [4.69, 9.17) is 4.74 Å². The molecule has 5 rings (SSSR count). The van der Waals surface area contributed by atoms with Crippen molar-refractivity contribution < 1.29 is 53.4 Å². The number of fused-ring (bicyclic) bond motifs is 1. The Balaban J connectivity index is 0.000000264. The number of benzene rings is 3. The maximum absolute atomic E-state index is 14.0. The minimum absolute atomic E-state index is 0. The Hall–Kier alpha value is -3.97. The van der Waals surface area contributed by atoms with Crippen LogP contribution in [0.5, 0.6) is 5.75 Å². The summed E-state index contributed by atoms with van der Waals surface area (Å²) in [4.78, 5) is 12.8. The largest absolute Gasteiger partial charge is 0.496 e. The summed E-state index contributed by atoms with van der Waals surface area (Å²) in [6, 6.07) is 9.75. The Morgan fingerprint density at radius 3 is 1.81 bits per heavy atom. The molecule has 14 heteroatoms. The van der Waals surface area contributed by atoms with E-state index in [2.05, 4.69) is 5.32 Å². The third-order valence-corrected chi connectivity index (χ3v) is 7.32. The van der Waals surface area contributed by atoms with Crippen LogP contribution in [0, 0.1) is 12.7 Å². The fraction of sp³-hybridized carbons (Fsp3) is 0.424. The number of hydrogen-bond donors (Lipinski definition) is 1. The standard InChI is InChI=1S/C17H16F4O.C9H6F6.C6H10N2O.CH4/c1-10(2)13-8-14(16(22-3)9-15(13)18)11-4-6-12(7-5-11)17(19,20)21;1-5-2-6(8(10,11)12)4-7(3-5)9(13,14)15;9-6-7-4-5-2-1-3-8(5)6;/h4-10H,1-3H3;2-4H,1H3;5H,1-4H2,(H,7,9);1H4/t;;5-;/m..0./s1. The van der Waals surface area contributed by atoms with E-state index in [-0.39, 0.29) is 36.8 Å². The highest BCUT2D eigenvalue weighted by Gasteiger charge is 2.37. The fourth-order valence-corrected chi connectivity index (χ4v) is 4.98. The molecule has 0 bridgehead atoms. The molecule has 3 aromatic rings. The summed E-state index contributed by atoms with van der Waals surface area (Å²) >= 11 is 0. The molecule has 1 atom stereocenters. The molecule has 2 aliphatic heterocycles. The molecule has 1 N–H and O–H groups in total. The van der Waals surface area contributed by atoms with Crippen molar-refractivity contribution in [3.05, 3.63) is 88.2 Å². The zero-order chi connectivity index (χ0) is 34.6. The predicted molar refractivity (Wildman–Crippen MR) is 159 cm³/mol. The summed E-state index contributed by atoms with van der Waals surface area (Å²) in [5.74, 6) is -0.136. The molecule has 0 aliphatic carbocycles. The summed E-state index contributed by atoms with van der Waals surface area (Å²) in [6.45, 7) is 6.72. The van der Waals surface area contributed by atoms with E-state index in [1.807, 2.05) is 18.7 Å². The highest BCUT2D eigenvalue weighted by molar-refractivity contribution is 5.77. The summed E-state index contributed by atoms with van der Waals surface area (Å²) < 4.78 is 130. The molecule has 0 spiro atoms. The number of alkyl halides is 9. The van der Waals surface area contributed by atoms with Crippen LogP contribution in [0.4, 0.5) is 48.7 Å². The van der Waals surface area contributed by atoms with Gasteiger partial charge >= 0.3 is 24.6 Å². The Morgan fingerprint density at radius 1 is 0.830 bits per heavy atom. The van der Waals surface area contributed by atoms with Gasteiger partial charge < -0.3 is 15.0 Å². The van der Waals surface area contributed by atoms with Crippen LogP contribution in [0.2, 0.25) is 0 Å². The zero-order valence-electron chi connectivity index (χ0n) is 25.2. The number of halogens is 10. The number of ether oxygens (including phenoxy) is 1. The topological polar surface area (TPSA) is 41.6 Å². The average Bonchev–Trinajstić information content (AvgIpc) is 3.57. The molecule has 0 unspecified atom stereocenters. The number of carbonyl (C=O) groups is 1. The van der Waals surface area contributed by atoms with Crippen LogP contribution in [0.1, 0.15) is 67.9 Å². The monoisotopic (exact) mass is 682 g/mol. The van der Waals surface area contributed by atoms with Gasteiger partial charge in [-0.25, -0.2) is 9.18 Å². The molecule has 3 aromatic carbocycles. The first-order valence-corrected chi connectivity index (χ1v) is 14.1. The first-order valence-electron chi connectivity index (χ1n) is 14.1. The molecule has 0 radical (unpaired) electrons.